The highest BCUT2D eigenvalue weighted by molar-refractivity contribution is 6.05. The predicted molar refractivity (Wildman–Crippen MR) is 84.3 cm³/mol. The number of carbonyl (C=O) groups excluding carboxylic acids is 1. The molecule has 0 radical (unpaired) electrons. The SMILES string of the molecule is CC(NC(=O)c1cccc2cn[nH]c12)C(O)c1ccc(F)c(F)c1. The summed E-state index contributed by atoms with van der Waals surface area (Å²) in [6.07, 6.45) is 0.427. The fourth-order valence-corrected chi connectivity index (χ4v) is 2.51. The Balaban J connectivity index is 1.78. The molecule has 2 unspecified atom stereocenters. The first-order valence-corrected chi connectivity index (χ1v) is 7.33. The molecule has 1 aromatic heterocycles. The molecule has 0 aliphatic carbocycles. The average molecular weight is 331 g/mol. The van der Waals surface area contributed by atoms with Crippen molar-refractivity contribution in [2.24, 2.45) is 0 Å². The van der Waals surface area contributed by atoms with E-state index in [1.54, 1.807) is 25.3 Å². The van der Waals surface area contributed by atoms with Crippen LogP contribution in [0.5, 0.6) is 0 Å². The molecular formula is C17H15F2N3O2. The van der Waals surface area contributed by atoms with Crippen LogP contribution in [-0.4, -0.2) is 27.3 Å². The fraction of sp³-hybridized carbons (Fsp3) is 0.176. The molecule has 0 fully saturated rings. The number of nitrogens with zero attached hydrogens (tertiary/aromatic N) is 1. The van der Waals surface area contributed by atoms with Crippen molar-refractivity contribution < 1.29 is 18.7 Å². The van der Waals surface area contributed by atoms with E-state index in [0.717, 1.165) is 17.5 Å². The molecule has 24 heavy (non-hydrogen) atoms. The smallest absolute Gasteiger partial charge is 0.253 e. The van der Waals surface area contributed by atoms with E-state index in [2.05, 4.69) is 15.5 Å². The van der Waals surface area contributed by atoms with Gasteiger partial charge >= 0.3 is 0 Å². The fourth-order valence-electron chi connectivity index (χ4n) is 2.51. The van der Waals surface area contributed by atoms with Crippen molar-refractivity contribution in [3.8, 4) is 0 Å². The molecule has 3 rings (SSSR count). The number of H-pyrrole nitrogens is 1. The summed E-state index contributed by atoms with van der Waals surface area (Å²) in [6.45, 7) is 1.58. The quantitative estimate of drug-likeness (QED) is 0.688. The average Bonchev–Trinajstić information content (AvgIpc) is 3.05. The third-order valence-electron chi connectivity index (χ3n) is 3.84. The van der Waals surface area contributed by atoms with Gasteiger partial charge < -0.3 is 10.4 Å². The van der Waals surface area contributed by atoms with Crippen molar-refractivity contribution >= 4 is 16.8 Å². The number of fused-ring (bicyclic) bond motifs is 1. The zero-order valence-electron chi connectivity index (χ0n) is 12.8. The summed E-state index contributed by atoms with van der Waals surface area (Å²) >= 11 is 0. The Morgan fingerprint density at radius 1 is 1.25 bits per heavy atom. The number of aromatic amines is 1. The van der Waals surface area contributed by atoms with E-state index in [-0.39, 0.29) is 5.56 Å². The van der Waals surface area contributed by atoms with Gasteiger partial charge in [0, 0.05) is 5.39 Å². The summed E-state index contributed by atoms with van der Waals surface area (Å²) < 4.78 is 26.3. The van der Waals surface area contributed by atoms with Crippen LogP contribution in [0.2, 0.25) is 0 Å². The highest BCUT2D eigenvalue weighted by Crippen LogP contribution is 2.21. The first-order chi connectivity index (χ1) is 11.5. The summed E-state index contributed by atoms with van der Waals surface area (Å²) in [5.74, 6) is -2.44. The van der Waals surface area contributed by atoms with Gasteiger partial charge in [-0.1, -0.05) is 18.2 Å². The van der Waals surface area contributed by atoms with E-state index >= 15 is 0 Å². The summed E-state index contributed by atoms with van der Waals surface area (Å²) in [5.41, 5.74) is 1.15. The third-order valence-corrected chi connectivity index (χ3v) is 3.84. The number of amides is 1. The molecule has 124 valence electrons. The number of aliphatic hydroxyl groups is 1. The van der Waals surface area contributed by atoms with Crippen molar-refractivity contribution in [1.82, 2.24) is 15.5 Å². The molecule has 0 saturated carbocycles. The van der Waals surface area contributed by atoms with E-state index in [0.29, 0.717) is 11.1 Å². The van der Waals surface area contributed by atoms with Crippen LogP contribution in [0.1, 0.15) is 28.9 Å². The van der Waals surface area contributed by atoms with Gasteiger partial charge in [0.2, 0.25) is 0 Å². The van der Waals surface area contributed by atoms with E-state index in [4.69, 9.17) is 0 Å². The first kappa shape index (κ1) is 16.1. The molecule has 0 saturated heterocycles. The topological polar surface area (TPSA) is 78.0 Å². The first-order valence-electron chi connectivity index (χ1n) is 7.33. The van der Waals surface area contributed by atoms with Gasteiger partial charge in [0.25, 0.3) is 5.91 Å². The number of halogens is 2. The second kappa shape index (κ2) is 6.37. The number of hydrogen-bond acceptors (Lipinski definition) is 3. The van der Waals surface area contributed by atoms with Gasteiger partial charge in [0.1, 0.15) is 0 Å². The van der Waals surface area contributed by atoms with Crippen molar-refractivity contribution in [3.05, 3.63) is 65.4 Å². The minimum atomic E-state index is -1.18. The third kappa shape index (κ3) is 2.98. The molecular weight excluding hydrogens is 316 g/mol. The Labute approximate surface area is 136 Å². The summed E-state index contributed by atoms with van der Waals surface area (Å²) in [4.78, 5) is 12.4. The maximum atomic E-state index is 13.3. The molecule has 1 amide bonds. The molecule has 2 aromatic carbocycles. The van der Waals surface area contributed by atoms with Crippen LogP contribution in [0.4, 0.5) is 8.78 Å². The molecule has 3 aromatic rings. The van der Waals surface area contributed by atoms with Gasteiger partial charge in [-0.05, 0) is 30.7 Å². The molecule has 3 N–H and O–H groups in total. The minimum Gasteiger partial charge on any atom is -0.386 e. The number of hydrogen-bond donors (Lipinski definition) is 3. The lowest BCUT2D eigenvalue weighted by Gasteiger charge is -2.21. The number of aromatic nitrogens is 2. The summed E-state index contributed by atoms with van der Waals surface area (Å²) in [5, 5.41) is 20.3. The molecule has 1 heterocycles. The monoisotopic (exact) mass is 331 g/mol. The Kier molecular flexibility index (Phi) is 4.26. The Morgan fingerprint density at radius 2 is 2.04 bits per heavy atom. The number of benzene rings is 2. The van der Waals surface area contributed by atoms with Crippen molar-refractivity contribution in [3.63, 3.8) is 0 Å². The normalized spacial score (nSPS) is 13.7. The molecule has 0 aliphatic rings. The number of aliphatic hydroxyl groups excluding tert-OH is 1. The number of carbonyl (C=O) groups is 1. The van der Waals surface area contributed by atoms with E-state index in [1.165, 1.54) is 6.07 Å². The molecule has 5 nitrogen and oxygen atoms in total. The Morgan fingerprint density at radius 3 is 2.79 bits per heavy atom. The van der Waals surface area contributed by atoms with Gasteiger partial charge in [-0.2, -0.15) is 5.10 Å². The summed E-state index contributed by atoms with van der Waals surface area (Å²) in [6, 6.07) is 7.60. The number of para-hydroxylation sites is 1. The van der Waals surface area contributed by atoms with E-state index < -0.39 is 29.7 Å². The minimum absolute atomic E-state index is 0.182. The maximum absolute atomic E-state index is 13.3. The van der Waals surface area contributed by atoms with Gasteiger partial charge in [-0.25, -0.2) is 8.78 Å². The Bertz CT molecular complexity index is 894. The van der Waals surface area contributed by atoms with Crippen LogP contribution in [-0.2, 0) is 0 Å². The molecule has 2 atom stereocenters. The second-order valence-electron chi connectivity index (χ2n) is 5.52. The van der Waals surface area contributed by atoms with Crippen LogP contribution in [0.3, 0.4) is 0 Å². The van der Waals surface area contributed by atoms with Gasteiger partial charge in [0.15, 0.2) is 11.6 Å². The van der Waals surface area contributed by atoms with Gasteiger partial charge in [-0.3, -0.25) is 9.89 Å². The van der Waals surface area contributed by atoms with Crippen LogP contribution in [0.25, 0.3) is 10.9 Å². The van der Waals surface area contributed by atoms with E-state index in [1.807, 2.05) is 6.07 Å². The van der Waals surface area contributed by atoms with Crippen LogP contribution < -0.4 is 5.32 Å². The standard InChI is InChI=1S/C17H15F2N3O2/c1-9(16(23)10-5-6-13(18)14(19)7-10)21-17(24)12-4-2-3-11-8-20-22-15(11)12/h2-9,16,23H,1H3,(H,20,22)(H,21,24). The zero-order valence-corrected chi connectivity index (χ0v) is 12.8. The molecule has 7 heteroatoms. The highest BCUT2D eigenvalue weighted by atomic mass is 19.2. The van der Waals surface area contributed by atoms with Crippen molar-refractivity contribution in [2.45, 2.75) is 19.1 Å². The van der Waals surface area contributed by atoms with E-state index in [9.17, 15) is 18.7 Å². The lowest BCUT2D eigenvalue weighted by Crippen LogP contribution is -2.37. The van der Waals surface area contributed by atoms with Crippen LogP contribution in [0, 0.1) is 11.6 Å². The van der Waals surface area contributed by atoms with Crippen LogP contribution in [0.15, 0.2) is 42.6 Å². The maximum Gasteiger partial charge on any atom is 0.253 e. The molecule has 0 spiro atoms. The summed E-state index contributed by atoms with van der Waals surface area (Å²) in [7, 11) is 0. The van der Waals surface area contributed by atoms with Crippen molar-refractivity contribution in [1.29, 1.82) is 0 Å². The number of rotatable bonds is 4. The zero-order chi connectivity index (χ0) is 17.3. The lowest BCUT2D eigenvalue weighted by molar-refractivity contribution is 0.0853. The predicted octanol–water partition coefficient (Wildman–Crippen LogP) is 2.69. The van der Waals surface area contributed by atoms with Gasteiger partial charge in [0.05, 0.1) is 29.4 Å². The second-order valence-corrected chi connectivity index (χ2v) is 5.52. The van der Waals surface area contributed by atoms with Crippen molar-refractivity contribution in [2.75, 3.05) is 0 Å². The molecule has 0 bridgehead atoms. The molecule has 0 aliphatic heterocycles. The van der Waals surface area contributed by atoms with Crippen LogP contribution >= 0.6 is 0 Å². The Hall–Kier alpha value is -2.80. The lowest BCUT2D eigenvalue weighted by atomic mass is 10.0. The highest BCUT2D eigenvalue weighted by Gasteiger charge is 2.21. The number of nitrogens with one attached hydrogen (secondary N) is 2. The largest absolute Gasteiger partial charge is 0.386 e. The van der Waals surface area contributed by atoms with Gasteiger partial charge in [-0.15, -0.1) is 0 Å².